The highest BCUT2D eigenvalue weighted by atomic mass is 32.2. The Labute approximate surface area is 226 Å². The molecule has 0 spiro atoms. The first-order valence-corrected chi connectivity index (χ1v) is 14.8. The molecule has 1 saturated carbocycles. The Morgan fingerprint density at radius 2 is 1.63 bits per heavy atom. The fourth-order valence-electron chi connectivity index (χ4n) is 5.21. The van der Waals surface area contributed by atoms with Gasteiger partial charge in [0.05, 0.1) is 25.7 Å². The molecule has 0 N–H and O–H groups in total. The summed E-state index contributed by atoms with van der Waals surface area (Å²) in [5.41, 5.74) is 1.17. The number of ether oxygens (including phenoxy) is 2. The third kappa shape index (κ3) is 6.95. The zero-order chi connectivity index (χ0) is 27.0. The summed E-state index contributed by atoms with van der Waals surface area (Å²) in [6.45, 7) is 3.38. The van der Waals surface area contributed by atoms with E-state index < -0.39 is 10.0 Å². The van der Waals surface area contributed by atoms with E-state index in [1.165, 1.54) is 36.2 Å². The number of carbonyl (C=O) groups excluding carboxylic acids is 1. The van der Waals surface area contributed by atoms with E-state index in [0.29, 0.717) is 24.6 Å². The first kappa shape index (κ1) is 28.1. The van der Waals surface area contributed by atoms with Gasteiger partial charge in [-0.3, -0.25) is 9.69 Å². The van der Waals surface area contributed by atoms with Gasteiger partial charge in [-0.15, -0.1) is 0 Å². The van der Waals surface area contributed by atoms with Crippen molar-refractivity contribution in [2.24, 2.45) is 0 Å². The molecule has 0 aromatic heterocycles. The SMILES string of the molecule is COc1ccc(S(=O)(=O)N(CC(=O)N2CCN(C/C=C/c3ccccc3)CC2)C2CCCCC2)cc1OC. The van der Waals surface area contributed by atoms with Gasteiger partial charge in [0.25, 0.3) is 0 Å². The number of benzene rings is 2. The molecule has 1 aliphatic carbocycles. The molecule has 2 aliphatic rings. The maximum atomic E-state index is 13.8. The summed E-state index contributed by atoms with van der Waals surface area (Å²) in [6.07, 6.45) is 8.81. The van der Waals surface area contributed by atoms with Gasteiger partial charge >= 0.3 is 0 Å². The highest BCUT2D eigenvalue weighted by molar-refractivity contribution is 7.89. The van der Waals surface area contributed by atoms with Crippen molar-refractivity contribution < 1.29 is 22.7 Å². The van der Waals surface area contributed by atoms with Crippen molar-refractivity contribution in [1.29, 1.82) is 0 Å². The molecule has 1 saturated heterocycles. The van der Waals surface area contributed by atoms with Crippen LogP contribution in [0.1, 0.15) is 37.7 Å². The molecule has 1 aliphatic heterocycles. The molecule has 38 heavy (non-hydrogen) atoms. The van der Waals surface area contributed by atoms with Crippen LogP contribution in [0.5, 0.6) is 11.5 Å². The highest BCUT2D eigenvalue weighted by Crippen LogP contribution is 2.33. The van der Waals surface area contributed by atoms with Crippen molar-refractivity contribution in [3.8, 4) is 11.5 Å². The largest absolute Gasteiger partial charge is 0.493 e. The number of hydrogen-bond acceptors (Lipinski definition) is 6. The second-order valence-corrected chi connectivity index (χ2v) is 11.7. The summed E-state index contributed by atoms with van der Waals surface area (Å²) < 4.78 is 39.8. The van der Waals surface area contributed by atoms with Crippen molar-refractivity contribution in [2.75, 3.05) is 53.5 Å². The highest BCUT2D eigenvalue weighted by Gasteiger charge is 2.36. The molecule has 2 aromatic carbocycles. The van der Waals surface area contributed by atoms with Crippen molar-refractivity contribution in [3.63, 3.8) is 0 Å². The monoisotopic (exact) mass is 541 g/mol. The van der Waals surface area contributed by atoms with Crippen LogP contribution < -0.4 is 9.47 Å². The number of piperazine rings is 1. The van der Waals surface area contributed by atoms with Crippen LogP contribution in [0, 0.1) is 0 Å². The van der Waals surface area contributed by atoms with Gasteiger partial charge in [-0.1, -0.05) is 61.7 Å². The van der Waals surface area contributed by atoms with Crippen molar-refractivity contribution in [1.82, 2.24) is 14.1 Å². The average Bonchev–Trinajstić information content (AvgIpc) is 2.96. The number of nitrogens with zero attached hydrogens (tertiary/aromatic N) is 3. The lowest BCUT2D eigenvalue weighted by molar-refractivity contribution is -0.133. The summed E-state index contributed by atoms with van der Waals surface area (Å²) in [7, 11) is -0.918. The summed E-state index contributed by atoms with van der Waals surface area (Å²) in [5, 5.41) is 0. The lowest BCUT2D eigenvalue weighted by Crippen LogP contribution is -2.53. The number of rotatable bonds is 10. The number of amides is 1. The van der Waals surface area contributed by atoms with E-state index in [-0.39, 0.29) is 23.4 Å². The minimum atomic E-state index is -3.91. The molecule has 1 amide bonds. The fourth-order valence-corrected chi connectivity index (χ4v) is 6.86. The van der Waals surface area contributed by atoms with Gasteiger partial charge in [-0.05, 0) is 30.5 Å². The molecular weight excluding hydrogens is 502 g/mol. The lowest BCUT2D eigenvalue weighted by Gasteiger charge is -2.37. The minimum Gasteiger partial charge on any atom is -0.493 e. The molecule has 0 atom stereocenters. The maximum Gasteiger partial charge on any atom is 0.243 e. The van der Waals surface area contributed by atoms with Crippen LogP contribution >= 0.6 is 0 Å². The quantitative estimate of drug-likeness (QED) is 0.454. The first-order chi connectivity index (χ1) is 18.4. The summed E-state index contributed by atoms with van der Waals surface area (Å²) in [4.78, 5) is 17.6. The average molecular weight is 542 g/mol. The van der Waals surface area contributed by atoms with E-state index in [9.17, 15) is 13.2 Å². The van der Waals surface area contributed by atoms with E-state index in [0.717, 1.165) is 51.7 Å². The fraction of sp³-hybridized carbons (Fsp3) is 0.483. The van der Waals surface area contributed by atoms with E-state index in [2.05, 4.69) is 29.2 Å². The summed E-state index contributed by atoms with van der Waals surface area (Å²) in [6, 6.07) is 14.6. The molecular formula is C29H39N3O5S. The summed E-state index contributed by atoms with van der Waals surface area (Å²) >= 11 is 0. The zero-order valence-corrected chi connectivity index (χ0v) is 23.2. The van der Waals surface area contributed by atoms with Crippen LogP contribution in [0.2, 0.25) is 0 Å². The Balaban J connectivity index is 1.42. The normalized spacial score (nSPS) is 17.7. The van der Waals surface area contributed by atoms with Gasteiger partial charge in [0.2, 0.25) is 15.9 Å². The third-order valence-electron chi connectivity index (χ3n) is 7.43. The Morgan fingerprint density at radius 1 is 0.947 bits per heavy atom. The predicted molar refractivity (Wildman–Crippen MR) is 149 cm³/mol. The maximum absolute atomic E-state index is 13.8. The minimum absolute atomic E-state index is 0.114. The van der Waals surface area contributed by atoms with Crippen LogP contribution in [0.25, 0.3) is 6.08 Å². The molecule has 2 fully saturated rings. The number of sulfonamides is 1. The topological polar surface area (TPSA) is 79.4 Å². The Morgan fingerprint density at radius 3 is 2.29 bits per heavy atom. The number of hydrogen-bond donors (Lipinski definition) is 0. The van der Waals surface area contributed by atoms with Crippen LogP contribution in [0.15, 0.2) is 59.5 Å². The molecule has 206 valence electrons. The Hall–Kier alpha value is -2.88. The van der Waals surface area contributed by atoms with E-state index in [1.54, 1.807) is 11.0 Å². The zero-order valence-electron chi connectivity index (χ0n) is 22.4. The Bertz CT molecular complexity index is 1190. The summed E-state index contributed by atoms with van der Waals surface area (Å²) in [5.74, 6) is 0.670. The molecule has 2 aromatic rings. The van der Waals surface area contributed by atoms with Crippen molar-refractivity contribution in [2.45, 2.75) is 43.0 Å². The Kier molecular flexibility index (Phi) is 9.82. The molecule has 1 heterocycles. The molecule has 0 bridgehead atoms. The van der Waals surface area contributed by atoms with E-state index >= 15 is 0 Å². The lowest BCUT2D eigenvalue weighted by atomic mass is 9.95. The molecule has 9 heteroatoms. The van der Waals surface area contributed by atoms with Crippen LogP contribution in [0.3, 0.4) is 0 Å². The molecule has 4 rings (SSSR count). The van der Waals surface area contributed by atoms with Gasteiger partial charge < -0.3 is 14.4 Å². The van der Waals surface area contributed by atoms with Gasteiger partial charge in [0.15, 0.2) is 11.5 Å². The smallest absolute Gasteiger partial charge is 0.243 e. The second kappa shape index (κ2) is 13.3. The van der Waals surface area contributed by atoms with E-state index in [1.807, 2.05) is 18.2 Å². The predicted octanol–water partition coefficient (Wildman–Crippen LogP) is 3.88. The first-order valence-electron chi connectivity index (χ1n) is 13.4. The van der Waals surface area contributed by atoms with Gasteiger partial charge in [-0.25, -0.2) is 8.42 Å². The van der Waals surface area contributed by atoms with Gasteiger partial charge in [-0.2, -0.15) is 4.31 Å². The molecule has 8 nitrogen and oxygen atoms in total. The van der Waals surface area contributed by atoms with E-state index in [4.69, 9.17) is 9.47 Å². The van der Waals surface area contributed by atoms with Gasteiger partial charge in [0, 0.05) is 44.8 Å². The number of carbonyl (C=O) groups is 1. The number of methoxy groups -OCH3 is 2. The van der Waals surface area contributed by atoms with Gasteiger partial charge in [0.1, 0.15) is 0 Å². The van der Waals surface area contributed by atoms with Crippen LogP contribution in [-0.2, 0) is 14.8 Å². The third-order valence-corrected chi connectivity index (χ3v) is 9.33. The van der Waals surface area contributed by atoms with Crippen molar-refractivity contribution in [3.05, 3.63) is 60.2 Å². The molecule has 0 unspecified atom stereocenters. The standard InChI is InChI=1S/C29H39N3O5S/c1-36-27-16-15-26(22-28(27)37-2)38(34,35)32(25-13-7-4-8-14-25)23-29(33)31-20-18-30(19-21-31)17-9-12-24-10-5-3-6-11-24/h3,5-6,9-12,15-16,22,25H,4,7-8,13-14,17-21,23H2,1-2H3/b12-9+. The van der Waals surface area contributed by atoms with Crippen LogP contribution in [-0.4, -0.2) is 88.0 Å². The second-order valence-electron chi connectivity index (χ2n) is 9.85. The van der Waals surface area contributed by atoms with Crippen molar-refractivity contribution >= 4 is 22.0 Å². The van der Waals surface area contributed by atoms with Crippen LogP contribution in [0.4, 0.5) is 0 Å². The molecule has 0 radical (unpaired) electrons.